The van der Waals surface area contributed by atoms with Gasteiger partial charge in [-0.15, -0.1) is 0 Å². The monoisotopic (exact) mass is 290 g/mol. The third-order valence-corrected chi connectivity index (χ3v) is 4.01. The molecule has 2 heterocycles. The Hall–Kier alpha value is -1.95. The van der Waals surface area contributed by atoms with E-state index in [4.69, 9.17) is 4.74 Å². The van der Waals surface area contributed by atoms with E-state index in [-0.39, 0.29) is 11.2 Å². The van der Waals surface area contributed by atoms with Crippen molar-refractivity contribution in [3.8, 4) is 0 Å². The Morgan fingerprint density at radius 2 is 2.14 bits per heavy atom. The molecule has 5 nitrogen and oxygen atoms in total. The van der Waals surface area contributed by atoms with Crippen LogP contribution in [-0.2, 0) is 17.2 Å². The predicted octanol–water partition coefficient (Wildman–Crippen LogP) is 2.03. The number of hydrogen-bond donors (Lipinski definition) is 1. The SMILES string of the molecule is Cc1nc(NCC2(c3ccc(F)cc3)CCOC2)n(C)n1. The van der Waals surface area contributed by atoms with Crippen molar-refractivity contribution in [1.82, 2.24) is 14.8 Å². The van der Waals surface area contributed by atoms with Crippen molar-refractivity contribution in [2.45, 2.75) is 18.8 Å². The second kappa shape index (κ2) is 5.44. The van der Waals surface area contributed by atoms with Crippen molar-refractivity contribution in [2.24, 2.45) is 7.05 Å². The van der Waals surface area contributed by atoms with E-state index in [0.717, 1.165) is 30.4 Å². The van der Waals surface area contributed by atoms with E-state index in [0.29, 0.717) is 13.2 Å². The summed E-state index contributed by atoms with van der Waals surface area (Å²) in [4.78, 5) is 4.35. The van der Waals surface area contributed by atoms with Gasteiger partial charge in [0.05, 0.1) is 6.61 Å². The average molecular weight is 290 g/mol. The van der Waals surface area contributed by atoms with Crippen LogP contribution in [0.2, 0.25) is 0 Å². The Bertz CT molecular complexity index is 617. The molecule has 0 aliphatic carbocycles. The minimum atomic E-state index is -0.218. The summed E-state index contributed by atoms with van der Waals surface area (Å²) in [7, 11) is 1.86. The molecule has 0 radical (unpaired) electrons. The Morgan fingerprint density at radius 1 is 1.38 bits per heavy atom. The van der Waals surface area contributed by atoms with Gasteiger partial charge in [0.2, 0.25) is 5.95 Å². The van der Waals surface area contributed by atoms with Crippen LogP contribution in [0, 0.1) is 12.7 Å². The molecule has 112 valence electrons. The fraction of sp³-hybridized carbons (Fsp3) is 0.467. The Morgan fingerprint density at radius 3 is 2.71 bits per heavy atom. The molecular formula is C15H19FN4O. The van der Waals surface area contributed by atoms with Gasteiger partial charge in [0, 0.05) is 25.6 Å². The lowest BCUT2D eigenvalue weighted by Gasteiger charge is -2.28. The number of hydrogen-bond acceptors (Lipinski definition) is 4. The molecule has 3 rings (SSSR count). The van der Waals surface area contributed by atoms with Crippen molar-refractivity contribution in [2.75, 3.05) is 25.1 Å². The van der Waals surface area contributed by atoms with Crippen LogP contribution >= 0.6 is 0 Å². The molecule has 6 heteroatoms. The van der Waals surface area contributed by atoms with E-state index < -0.39 is 0 Å². The summed E-state index contributed by atoms with van der Waals surface area (Å²) >= 11 is 0. The number of ether oxygens (including phenoxy) is 1. The van der Waals surface area contributed by atoms with Crippen LogP contribution in [0.3, 0.4) is 0 Å². The maximum Gasteiger partial charge on any atom is 0.221 e. The fourth-order valence-corrected chi connectivity index (χ4v) is 2.79. The lowest BCUT2D eigenvalue weighted by molar-refractivity contribution is 0.179. The van der Waals surface area contributed by atoms with Gasteiger partial charge in [-0.3, -0.25) is 0 Å². The highest BCUT2D eigenvalue weighted by Gasteiger charge is 2.37. The lowest BCUT2D eigenvalue weighted by atomic mass is 9.80. The normalized spacial score (nSPS) is 21.7. The van der Waals surface area contributed by atoms with Gasteiger partial charge in [-0.2, -0.15) is 10.1 Å². The van der Waals surface area contributed by atoms with Gasteiger partial charge in [0.15, 0.2) is 0 Å². The zero-order chi connectivity index (χ0) is 14.9. The summed E-state index contributed by atoms with van der Waals surface area (Å²) in [6.45, 7) is 3.89. The van der Waals surface area contributed by atoms with Crippen molar-refractivity contribution in [3.05, 3.63) is 41.5 Å². The maximum absolute atomic E-state index is 13.1. The van der Waals surface area contributed by atoms with Gasteiger partial charge in [-0.1, -0.05) is 12.1 Å². The molecule has 0 bridgehead atoms. The van der Waals surface area contributed by atoms with Crippen LogP contribution in [0.25, 0.3) is 0 Å². The molecular weight excluding hydrogens is 271 g/mol. The molecule has 1 atom stereocenters. The molecule has 1 N–H and O–H groups in total. The summed E-state index contributed by atoms with van der Waals surface area (Å²) < 4.78 is 20.5. The minimum Gasteiger partial charge on any atom is -0.380 e. The zero-order valence-corrected chi connectivity index (χ0v) is 12.3. The third kappa shape index (κ3) is 2.76. The van der Waals surface area contributed by atoms with Gasteiger partial charge >= 0.3 is 0 Å². The van der Waals surface area contributed by atoms with Crippen molar-refractivity contribution >= 4 is 5.95 Å². The lowest BCUT2D eigenvalue weighted by Crippen LogP contribution is -2.35. The highest BCUT2D eigenvalue weighted by Crippen LogP contribution is 2.33. The minimum absolute atomic E-state index is 0.145. The Kier molecular flexibility index (Phi) is 3.63. The van der Waals surface area contributed by atoms with Crippen LogP contribution in [0.4, 0.5) is 10.3 Å². The number of halogens is 1. The summed E-state index contributed by atoms with van der Waals surface area (Å²) in [5.41, 5.74) is 0.945. The number of aryl methyl sites for hydroxylation is 2. The molecule has 2 aromatic rings. The van der Waals surface area contributed by atoms with E-state index in [1.807, 2.05) is 26.1 Å². The summed E-state index contributed by atoms with van der Waals surface area (Å²) in [6.07, 6.45) is 0.905. The Labute approximate surface area is 123 Å². The number of rotatable bonds is 4. The van der Waals surface area contributed by atoms with Crippen molar-refractivity contribution < 1.29 is 9.13 Å². The molecule has 1 fully saturated rings. The molecule has 1 aromatic carbocycles. The fourth-order valence-electron chi connectivity index (χ4n) is 2.79. The first-order chi connectivity index (χ1) is 10.1. The van der Waals surface area contributed by atoms with Crippen LogP contribution in [0.15, 0.2) is 24.3 Å². The summed E-state index contributed by atoms with van der Waals surface area (Å²) in [6, 6.07) is 6.69. The standard InChI is InChI=1S/C15H19FN4O/c1-11-18-14(20(2)19-11)17-9-15(7-8-21-10-15)12-3-5-13(16)6-4-12/h3-6H,7-10H2,1-2H3,(H,17,18,19). The molecule has 1 aromatic heterocycles. The van der Waals surface area contributed by atoms with Crippen molar-refractivity contribution in [1.29, 1.82) is 0 Å². The topological polar surface area (TPSA) is 52.0 Å². The average Bonchev–Trinajstić information content (AvgIpc) is 3.05. The predicted molar refractivity (Wildman–Crippen MR) is 77.7 cm³/mol. The smallest absolute Gasteiger partial charge is 0.221 e. The first-order valence-corrected chi connectivity index (χ1v) is 7.04. The van der Waals surface area contributed by atoms with E-state index in [1.54, 1.807) is 4.68 Å². The van der Waals surface area contributed by atoms with Crippen LogP contribution in [-0.4, -0.2) is 34.5 Å². The molecule has 1 saturated heterocycles. The number of nitrogens with zero attached hydrogens (tertiary/aromatic N) is 3. The molecule has 0 saturated carbocycles. The van der Waals surface area contributed by atoms with Gasteiger partial charge in [0.25, 0.3) is 0 Å². The number of benzene rings is 1. The van der Waals surface area contributed by atoms with E-state index in [1.165, 1.54) is 12.1 Å². The molecule has 21 heavy (non-hydrogen) atoms. The van der Waals surface area contributed by atoms with E-state index >= 15 is 0 Å². The van der Waals surface area contributed by atoms with Crippen LogP contribution in [0.1, 0.15) is 17.8 Å². The van der Waals surface area contributed by atoms with Gasteiger partial charge in [-0.25, -0.2) is 9.07 Å². The van der Waals surface area contributed by atoms with Crippen LogP contribution in [0.5, 0.6) is 0 Å². The maximum atomic E-state index is 13.1. The summed E-state index contributed by atoms with van der Waals surface area (Å²) in [5, 5.41) is 7.57. The van der Waals surface area contributed by atoms with Crippen LogP contribution < -0.4 is 5.32 Å². The Balaban J connectivity index is 1.81. The largest absolute Gasteiger partial charge is 0.380 e. The number of aromatic nitrogens is 3. The third-order valence-electron chi connectivity index (χ3n) is 4.01. The zero-order valence-electron chi connectivity index (χ0n) is 12.3. The molecule has 0 amide bonds. The first-order valence-electron chi connectivity index (χ1n) is 7.04. The molecule has 1 aliphatic heterocycles. The van der Waals surface area contributed by atoms with E-state index in [9.17, 15) is 4.39 Å². The number of nitrogens with one attached hydrogen (secondary N) is 1. The van der Waals surface area contributed by atoms with E-state index in [2.05, 4.69) is 15.4 Å². The molecule has 1 aliphatic rings. The van der Waals surface area contributed by atoms with Crippen molar-refractivity contribution in [3.63, 3.8) is 0 Å². The second-order valence-electron chi connectivity index (χ2n) is 5.55. The quantitative estimate of drug-likeness (QED) is 0.936. The highest BCUT2D eigenvalue weighted by atomic mass is 19.1. The van der Waals surface area contributed by atoms with Gasteiger partial charge in [-0.05, 0) is 31.0 Å². The van der Waals surface area contributed by atoms with Gasteiger partial charge < -0.3 is 10.1 Å². The van der Waals surface area contributed by atoms with Gasteiger partial charge in [0.1, 0.15) is 11.6 Å². The highest BCUT2D eigenvalue weighted by molar-refractivity contribution is 5.33. The summed E-state index contributed by atoms with van der Waals surface area (Å²) in [5.74, 6) is 1.25. The second-order valence-corrected chi connectivity index (χ2v) is 5.55. The molecule has 0 spiro atoms. The first kappa shape index (κ1) is 14.0. The number of anilines is 1. The molecule has 1 unspecified atom stereocenters.